The maximum Gasteiger partial charge on any atom is 0.257 e. The number of furan rings is 1. The van der Waals surface area contributed by atoms with E-state index in [1.54, 1.807) is 12.1 Å². The van der Waals surface area contributed by atoms with E-state index < -0.39 is 0 Å². The highest BCUT2D eigenvalue weighted by atomic mass is 19.1. The van der Waals surface area contributed by atoms with Gasteiger partial charge in [-0.2, -0.15) is 0 Å². The van der Waals surface area contributed by atoms with Gasteiger partial charge in [0, 0.05) is 5.56 Å². The first-order valence-corrected chi connectivity index (χ1v) is 6.25. The van der Waals surface area contributed by atoms with E-state index in [-0.39, 0.29) is 23.8 Å². The number of hydrogen-bond donors (Lipinski definition) is 1. The van der Waals surface area contributed by atoms with E-state index in [0.29, 0.717) is 17.1 Å². The van der Waals surface area contributed by atoms with E-state index in [1.165, 1.54) is 36.7 Å². The van der Waals surface area contributed by atoms with Crippen LogP contribution in [0.1, 0.15) is 16.1 Å². The molecule has 21 heavy (non-hydrogen) atoms. The third-order valence-corrected chi connectivity index (χ3v) is 2.92. The summed E-state index contributed by atoms with van der Waals surface area (Å²) in [4.78, 5) is 12.1. The lowest BCUT2D eigenvalue weighted by Crippen LogP contribution is -2.22. The molecule has 3 aromatic rings. The van der Waals surface area contributed by atoms with Crippen molar-refractivity contribution in [1.82, 2.24) is 10.5 Å². The van der Waals surface area contributed by atoms with Crippen LogP contribution in [0.3, 0.4) is 0 Å². The Bertz CT molecular complexity index is 733. The van der Waals surface area contributed by atoms with Crippen LogP contribution in [0.5, 0.6) is 0 Å². The number of nitrogens with zero attached hydrogens (tertiary/aromatic N) is 1. The van der Waals surface area contributed by atoms with Gasteiger partial charge < -0.3 is 14.3 Å². The lowest BCUT2D eigenvalue weighted by Gasteiger charge is -2.03. The number of nitrogens with one attached hydrogen (secondary N) is 1. The van der Waals surface area contributed by atoms with Crippen molar-refractivity contribution in [2.24, 2.45) is 0 Å². The Balaban J connectivity index is 1.78. The number of hydrogen-bond acceptors (Lipinski definition) is 4. The molecule has 3 rings (SSSR count). The molecular formula is C15H11FN2O3. The lowest BCUT2D eigenvalue weighted by molar-refractivity contribution is 0.0948. The van der Waals surface area contributed by atoms with Gasteiger partial charge in [-0.25, -0.2) is 4.39 Å². The van der Waals surface area contributed by atoms with Crippen molar-refractivity contribution in [1.29, 1.82) is 0 Å². The topological polar surface area (TPSA) is 68.3 Å². The standard InChI is InChI=1S/C15H11FN2O3/c16-11-5-3-10(4-6-11)14-13(9-18-21-14)15(19)17-8-12-2-1-7-20-12/h1-7,9H,8H2,(H,17,19). The highest BCUT2D eigenvalue weighted by molar-refractivity contribution is 5.99. The Morgan fingerprint density at radius 3 is 2.76 bits per heavy atom. The second-order valence-electron chi connectivity index (χ2n) is 4.34. The Labute approximate surface area is 119 Å². The highest BCUT2D eigenvalue weighted by Crippen LogP contribution is 2.23. The molecule has 1 amide bonds. The van der Waals surface area contributed by atoms with Gasteiger partial charge in [0.05, 0.1) is 19.0 Å². The number of halogens is 1. The molecule has 0 aliphatic heterocycles. The number of rotatable bonds is 4. The first-order chi connectivity index (χ1) is 10.2. The van der Waals surface area contributed by atoms with Crippen molar-refractivity contribution in [2.45, 2.75) is 6.54 Å². The fourth-order valence-electron chi connectivity index (χ4n) is 1.89. The van der Waals surface area contributed by atoms with Crippen molar-refractivity contribution in [3.05, 3.63) is 66.0 Å². The number of benzene rings is 1. The van der Waals surface area contributed by atoms with Crippen LogP contribution in [0, 0.1) is 5.82 Å². The summed E-state index contributed by atoms with van der Waals surface area (Å²) in [6, 6.07) is 9.14. The van der Waals surface area contributed by atoms with Gasteiger partial charge in [0.2, 0.25) is 0 Å². The minimum absolute atomic E-state index is 0.264. The summed E-state index contributed by atoms with van der Waals surface area (Å²) in [5.74, 6) is 0.240. The van der Waals surface area contributed by atoms with Crippen molar-refractivity contribution in [3.8, 4) is 11.3 Å². The maximum atomic E-state index is 12.9. The Morgan fingerprint density at radius 1 is 1.24 bits per heavy atom. The average Bonchev–Trinajstić information content (AvgIpc) is 3.17. The number of carbonyl (C=O) groups excluding carboxylic acids is 1. The second-order valence-corrected chi connectivity index (χ2v) is 4.34. The summed E-state index contributed by atoms with van der Waals surface area (Å²) in [5, 5.41) is 6.34. The van der Waals surface area contributed by atoms with E-state index in [9.17, 15) is 9.18 Å². The van der Waals surface area contributed by atoms with E-state index in [2.05, 4.69) is 10.5 Å². The molecule has 0 atom stereocenters. The lowest BCUT2D eigenvalue weighted by atomic mass is 10.1. The molecule has 5 nitrogen and oxygen atoms in total. The molecule has 0 saturated heterocycles. The molecule has 0 radical (unpaired) electrons. The Hall–Kier alpha value is -2.89. The van der Waals surface area contributed by atoms with Crippen LogP contribution in [-0.4, -0.2) is 11.1 Å². The predicted octanol–water partition coefficient (Wildman–Crippen LogP) is 3.00. The average molecular weight is 286 g/mol. The smallest absolute Gasteiger partial charge is 0.257 e. The van der Waals surface area contributed by atoms with E-state index >= 15 is 0 Å². The quantitative estimate of drug-likeness (QED) is 0.800. The van der Waals surface area contributed by atoms with Gasteiger partial charge in [-0.3, -0.25) is 4.79 Å². The molecule has 0 aliphatic rings. The normalized spacial score (nSPS) is 10.5. The molecule has 0 aliphatic carbocycles. The third kappa shape index (κ3) is 2.84. The van der Waals surface area contributed by atoms with Gasteiger partial charge in [0.1, 0.15) is 17.1 Å². The zero-order valence-electron chi connectivity index (χ0n) is 10.9. The van der Waals surface area contributed by atoms with E-state index in [4.69, 9.17) is 8.94 Å². The van der Waals surface area contributed by atoms with Crippen molar-refractivity contribution in [3.63, 3.8) is 0 Å². The molecule has 0 unspecified atom stereocenters. The van der Waals surface area contributed by atoms with Crippen LogP contribution in [0.2, 0.25) is 0 Å². The molecule has 2 aromatic heterocycles. The van der Waals surface area contributed by atoms with Crippen LogP contribution < -0.4 is 5.32 Å². The first-order valence-electron chi connectivity index (χ1n) is 6.25. The largest absolute Gasteiger partial charge is 0.467 e. The molecule has 0 fully saturated rings. The summed E-state index contributed by atoms with van der Waals surface area (Å²) in [5.41, 5.74) is 0.866. The summed E-state index contributed by atoms with van der Waals surface area (Å²) in [6.45, 7) is 0.264. The Morgan fingerprint density at radius 2 is 2.05 bits per heavy atom. The molecule has 1 N–H and O–H groups in total. The van der Waals surface area contributed by atoms with Crippen LogP contribution in [0.4, 0.5) is 4.39 Å². The molecule has 0 spiro atoms. The predicted molar refractivity (Wildman–Crippen MR) is 71.8 cm³/mol. The fourth-order valence-corrected chi connectivity index (χ4v) is 1.89. The SMILES string of the molecule is O=C(NCc1ccco1)c1cnoc1-c1ccc(F)cc1. The highest BCUT2D eigenvalue weighted by Gasteiger charge is 2.17. The Kier molecular flexibility index (Phi) is 3.51. The number of amides is 1. The molecular weight excluding hydrogens is 275 g/mol. The summed E-state index contributed by atoms with van der Waals surface area (Å²) < 4.78 is 23.2. The third-order valence-electron chi connectivity index (χ3n) is 2.92. The van der Waals surface area contributed by atoms with Gasteiger partial charge in [-0.15, -0.1) is 0 Å². The molecule has 106 valence electrons. The zero-order valence-corrected chi connectivity index (χ0v) is 10.9. The van der Waals surface area contributed by atoms with Crippen molar-refractivity contribution < 1.29 is 18.1 Å². The first kappa shape index (κ1) is 13.1. The van der Waals surface area contributed by atoms with E-state index in [1.807, 2.05) is 0 Å². The van der Waals surface area contributed by atoms with Crippen LogP contribution in [0.25, 0.3) is 11.3 Å². The van der Waals surface area contributed by atoms with Crippen molar-refractivity contribution in [2.75, 3.05) is 0 Å². The zero-order chi connectivity index (χ0) is 14.7. The van der Waals surface area contributed by atoms with Gasteiger partial charge in [-0.1, -0.05) is 5.16 Å². The molecule has 1 aromatic carbocycles. The van der Waals surface area contributed by atoms with Gasteiger partial charge in [0.15, 0.2) is 5.76 Å². The minimum atomic E-state index is -0.359. The van der Waals surface area contributed by atoms with Crippen LogP contribution in [-0.2, 0) is 6.54 Å². The van der Waals surface area contributed by atoms with Gasteiger partial charge >= 0.3 is 0 Å². The van der Waals surface area contributed by atoms with E-state index in [0.717, 1.165) is 0 Å². The number of carbonyl (C=O) groups is 1. The fraction of sp³-hybridized carbons (Fsp3) is 0.0667. The van der Waals surface area contributed by atoms with Crippen molar-refractivity contribution >= 4 is 5.91 Å². The molecule has 2 heterocycles. The summed E-state index contributed by atoms with van der Waals surface area (Å²) in [6.07, 6.45) is 2.86. The molecule has 0 saturated carbocycles. The second kappa shape index (κ2) is 5.62. The van der Waals surface area contributed by atoms with Gasteiger partial charge in [-0.05, 0) is 36.4 Å². The maximum absolute atomic E-state index is 12.9. The monoisotopic (exact) mass is 286 g/mol. The molecule has 6 heteroatoms. The minimum Gasteiger partial charge on any atom is -0.467 e. The summed E-state index contributed by atoms with van der Waals surface area (Å²) in [7, 11) is 0. The van der Waals surface area contributed by atoms with Crippen LogP contribution in [0.15, 0.2) is 57.8 Å². The number of aromatic nitrogens is 1. The summed E-state index contributed by atoms with van der Waals surface area (Å²) >= 11 is 0. The van der Waals surface area contributed by atoms with Gasteiger partial charge in [0.25, 0.3) is 5.91 Å². The van der Waals surface area contributed by atoms with Crippen LogP contribution >= 0.6 is 0 Å². The molecule has 0 bridgehead atoms.